The second-order valence-corrected chi connectivity index (χ2v) is 7.28. The van der Waals surface area contributed by atoms with Crippen LogP contribution >= 0.6 is 0 Å². The quantitative estimate of drug-likeness (QED) is 0.731. The third kappa shape index (κ3) is 2.42. The molecule has 9 heteroatoms. The van der Waals surface area contributed by atoms with E-state index >= 15 is 0 Å². The lowest BCUT2D eigenvalue weighted by Crippen LogP contribution is -2.54. The number of nitrogens with one attached hydrogen (secondary N) is 1. The lowest BCUT2D eigenvalue weighted by Gasteiger charge is -2.40. The van der Waals surface area contributed by atoms with Gasteiger partial charge in [-0.1, -0.05) is 12.8 Å². The van der Waals surface area contributed by atoms with Crippen LogP contribution in [0.4, 0.5) is 26.3 Å². The number of hydrogen-bond donors (Lipinski definition) is 1. The molecule has 2 heterocycles. The van der Waals surface area contributed by atoms with E-state index in [0.717, 1.165) is 24.2 Å². The first-order valence-corrected chi connectivity index (χ1v) is 8.17. The highest BCUT2D eigenvalue weighted by atomic mass is 19.4. The number of likely N-dealkylation sites (tertiary alicyclic amines) is 1. The van der Waals surface area contributed by atoms with Crippen LogP contribution in [0.15, 0.2) is 0 Å². The van der Waals surface area contributed by atoms with Crippen molar-refractivity contribution in [3.63, 3.8) is 0 Å². The SMILES string of the molecule is O=C(N1CCC(C(F)(F)F)(C(F)(F)F)C1)[C@@]12CCCC[C@H]1CNC2. The van der Waals surface area contributed by atoms with E-state index in [1.165, 1.54) is 0 Å². The first-order valence-electron chi connectivity index (χ1n) is 8.17. The number of rotatable bonds is 1. The fourth-order valence-corrected chi connectivity index (χ4v) is 4.59. The smallest absolute Gasteiger partial charge is 0.341 e. The number of hydrogen-bond acceptors (Lipinski definition) is 2. The van der Waals surface area contributed by atoms with Gasteiger partial charge in [-0.3, -0.25) is 4.79 Å². The molecule has 0 aromatic carbocycles. The van der Waals surface area contributed by atoms with Crippen LogP contribution in [0.25, 0.3) is 0 Å². The van der Waals surface area contributed by atoms with E-state index in [-0.39, 0.29) is 5.92 Å². The van der Waals surface area contributed by atoms with E-state index in [0.29, 0.717) is 19.5 Å². The molecular formula is C15H20F6N2O. The summed E-state index contributed by atoms with van der Waals surface area (Å²) in [7, 11) is 0. The maximum absolute atomic E-state index is 13.2. The van der Waals surface area contributed by atoms with Gasteiger partial charge >= 0.3 is 12.4 Å². The molecule has 3 aliphatic rings. The third-order valence-corrected chi connectivity index (χ3v) is 6.11. The number of amides is 1. The van der Waals surface area contributed by atoms with Crippen molar-refractivity contribution >= 4 is 5.91 Å². The summed E-state index contributed by atoms with van der Waals surface area (Å²) in [6.45, 7) is -0.860. The molecule has 0 spiro atoms. The minimum Gasteiger partial charge on any atom is -0.341 e. The molecule has 3 fully saturated rings. The summed E-state index contributed by atoms with van der Waals surface area (Å²) in [6, 6.07) is 0. The Kier molecular flexibility index (Phi) is 4.09. The average molecular weight is 358 g/mol. The fourth-order valence-electron chi connectivity index (χ4n) is 4.59. The van der Waals surface area contributed by atoms with Crippen molar-refractivity contribution in [1.82, 2.24) is 10.2 Å². The standard InChI is InChI=1S/C15H20F6N2O/c16-14(17,18)13(15(19,20)21)5-6-23(9-13)11(24)12-4-2-1-3-10(12)7-22-8-12/h10,22H,1-9H2/t10-,12+/m0/s1. The van der Waals surface area contributed by atoms with Crippen LogP contribution in [0.5, 0.6) is 0 Å². The van der Waals surface area contributed by atoms with Gasteiger partial charge in [-0.2, -0.15) is 26.3 Å². The van der Waals surface area contributed by atoms with Gasteiger partial charge in [0, 0.05) is 19.6 Å². The zero-order valence-corrected chi connectivity index (χ0v) is 13.1. The van der Waals surface area contributed by atoms with Gasteiger partial charge in [0.05, 0.1) is 5.41 Å². The second-order valence-electron chi connectivity index (χ2n) is 7.28. The van der Waals surface area contributed by atoms with Gasteiger partial charge in [-0.15, -0.1) is 0 Å². The van der Waals surface area contributed by atoms with Crippen LogP contribution in [0.1, 0.15) is 32.1 Å². The predicted molar refractivity (Wildman–Crippen MR) is 73.0 cm³/mol. The Hall–Kier alpha value is -0.990. The minimum absolute atomic E-state index is 0.00511. The van der Waals surface area contributed by atoms with Gasteiger partial charge in [-0.05, 0) is 31.7 Å². The molecular weight excluding hydrogens is 338 g/mol. The Morgan fingerprint density at radius 1 is 1.04 bits per heavy atom. The van der Waals surface area contributed by atoms with E-state index in [4.69, 9.17) is 0 Å². The van der Waals surface area contributed by atoms with Crippen molar-refractivity contribution in [1.29, 1.82) is 0 Å². The van der Waals surface area contributed by atoms with Crippen LogP contribution in [0, 0.1) is 16.7 Å². The van der Waals surface area contributed by atoms with Crippen LogP contribution in [0.3, 0.4) is 0 Å². The number of halogens is 6. The summed E-state index contributed by atoms with van der Waals surface area (Å²) in [5, 5.41) is 3.10. The van der Waals surface area contributed by atoms with Gasteiger partial charge in [0.2, 0.25) is 5.91 Å². The van der Waals surface area contributed by atoms with Gasteiger partial charge in [0.25, 0.3) is 0 Å². The van der Waals surface area contributed by atoms with Gasteiger partial charge < -0.3 is 10.2 Å². The Bertz CT molecular complexity index is 503. The predicted octanol–water partition coefficient (Wildman–Crippen LogP) is 3.11. The molecule has 1 saturated carbocycles. The Balaban J connectivity index is 1.86. The molecule has 0 bridgehead atoms. The Labute approximate surface area is 135 Å². The van der Waals surface area contributed by atoms with E-state index in [1.54, 1.807) is 0 Å². The highest BCUT2D eigenvalue weighted by Gasteiger charge is 2.73. The van der Waals surface area contributed by atoms with Crippen molar-refractivity contribution in [3.05, 3.63) is 0 Å². The van der Waals surface area contributed by atoms with E-state index in [2.05, 4.69) is 5.32 Å². The van der Waals surface area contributed by atoms with E-state index < -0.39 is 48.6 Å². The first-order chi connectivity index (χ1) is 11.0. The topological polar surface area (TPSA) is 32.3 Å². The molecule has 24 heavy (non-hydrogen) atoms. The van der Waals surface area contributed by atoms with Crippen LogP contribution in [-0.4, -0.2) is 49.3 Å². The molecule has 0 radical (unpaired) electrons. The van der Waals surface area contributed by atoms with Crippen LogP contribution < -0.4 is 5.32 Å². The maximum atomic E-state index is 13.2. The highest BCUT2D eigenvalue weighted by Crippen LogP contribution is 2.56. The summed E-state index contributed by atoms with van der Waals surface area (Å²) in [5.41, 5.74) is -4.63. The van der Waals surface area contributed by atoms with E-state index in [9.17, 15) is 31.1 Å². The largest absolute Gasteiger partial charge is 0.404 e. The molecule has 0 aromatic rings. The summed E-state index contributed by atoms with van der Waals surface area (Å²) >= 11 is 0. The summed E-state index contributed by atoms with van der Waals surface area (Å²) < 4.78 is 79.1. The zero-order chi connectivity index (χ0) is 17.8. The van der Waals surface area contributed by atoms with Crippen molar-refractivity contribution in [2.24, 2.45) is 16.7 Å². The average Bonchev–Trinajstić information content (AvgIpc) is 3.11. The summed E-state index contributed by atoms with van der Waals surface area (Å²) in [4.78, 5) is 13.7. The minimum atomic E-state index is -5.42. The molecule has 1 amide bonds. The molecule has 2 saturated heterocycles. The zero-order valence-electron chi connectivity index (χ0n) is 13.1. The number of fused-ring (bicyclic) bond motifs is 1. The maximum Gasteiger partial charge on any atom is 0.404 e. The van der Waals surface area contributed by atoms with Crippen molar-refractivity contribution in [2.45, 2.75) is 44.5 Å². The van der Waals surface area contributed by atoms with E-state index in [1.807, 2.05) is 0 Å². The van der Waals surface area contributed by atoms with Crippen LogP contribution in [0.2, 0.25) is 0 Å². The lowest BCUT2D eigenvalue weighted by atomic mass is 9.67. The molecule has 138 valence electrons. The molecule has 0 unspecified atom stereocenters. The van der Waals surface area contributed by atoms with Crippen LogP contribution in [-0.2, 0) is 4.79 Å². The Morgan fingerprint density at radius 3 is 2.29 bits per heavy atom. The normalized spacial score (nSPS) is 33.6. The third-order valence-electron chi connectivity index (χ3n) is 6.11. The summed E-state index contributed by atoms with van der Waals surface area (Å²) in [5.74, 6) is -0.530. The monoisotopic (exact) mass is 358 g/mol. The summed E-state index contributed by atoms with van der Waals surface area (Å²) in [6.07, 6.45) is -8.91. The molecule has 3 rings (SSSR count). The molecule has 0 aromatic heterocycles. The van der Waals surface area contributed by atoms with Crippen molar-refractivity contribution in [2.75, 3.05) is 26.2 Å². The number of carbonyl (C=O) groups excluding carboxylic acids is 1. The highest BCUT2D eigenvalue weighted by molar-refractivity contribution is 5.84. The molecule has 1 aliphatic carbocycles. The molecule has 3 nitrogen and oxygen atoms in total. The number of carbonyl (C=O) groups is 1. The number of nitrogens with zero attached hydrogens (tertiary/aromatic N) is 1. The van der Waals surface area contributed by atoms with Gasteiger partial charge in [-0.25, -0.2) is 0 Å². The second kappa shape index (κ2) is 5.51. The first kappa shape index (κ1) is 17.8. The van der Waals surface area contributed by atoms with Gasteiger partial charge in [0.15, 0.2) is 5.41 Å². The molecule has 2 atom stereocenters. The van der Waals surface area contributed by atoms with Crippen molar-refractivity contribution < 1.29 is 31.1 Å². The number of alkyl halides is 6. The fraction of sp³-hybridized carbons (Fsp3) is 0.933. The van der Waals surface area contributed by atoms with Gasteiger partial charge in [0.1, 0.15) is 0 Å². The van der Waals surface area contributed by atoms with Crippen molar-refractivity contribution in [3.8, 4) is 0 Å². The molecule has 2 aliphatic heterocycles. The molecule has 1 N–H and O–H groups in total. The Morgan fingerprint density at radius 2 is 1.71 bits per heavy atom. The lowest BCUT2D eigenvalue weighted by molar-refractivity contribution is -0.335.